The van der Waals surface area contributed by atoms with E-state index in [0.717, 1.165) is 0 Å². The molecule has 0 fully saturated rings. The van der Waals surface area contributed by atoms with Crippen molar-refractivity contribution >= 4 is 5.78 Å². The lowest BCUT2D eigenvalue weighted by atomic mass is 10.2. The van der Waals surface area contributed by atoms with Gasteiger partial charge in [0.05, 0.1) is 6.61 Å². The van der Waals surface area contributed by atoms with Gasteiger partial charge in [0.25, 0.3) is 0 Å². The third-order valence-corrected chi connectivity index (χ3v) is 0.890. The summed E-state index contributed by atoms with van der Waals surface area (Å²) in [6, 6.07) is 0. The summed E-state index contributed by atoms with van der Waals surface area (Å²) in [6.07, 6.45) is 0.270. The second kappa shape index (κ2) is 4.23. The third-order valence-electron chi connectivity index (χ3n) is 0.890. The van der Waals surface area contributed by atoms with Crippen molar-refractivity contribution in [2.75, 3.05) is 6.61 Å². The Labute approximate surface area is 53.6 Å². The van der Waals surface area contributed by atoms with Gasteiger partial charge in [0.1, 0.15) is 6.10 Å². The van der Waals surface area contributed by atoms with E-state index in [0.29, 0.717) is 0 Å². The maximum absolute atomic E-state index is 10.5. The number of hydrogen-bond donors (Lipinski definition) is 2. The second-order valence-corrected chi connectivity index (χ2v) is 1.66. The summed E-state index contributed by atoms with van der Waals surface area (Å²) in [7, 11) is 0. The highest BCUT2D eigenvalue weighted by atomic mass is 16.3. The molecule has 0 aliphatic heterocycles. The minimum Gasteiger partial charge on any atom is -0.393 e. The minimum absolute atomic E-state index is 0.113. The molecule has 52 valence electrons. The molecule has 0 aromatic carbocycles. The van der Waals surface area contributed by atoms with Gasteiger partial charge in [-0.3, -0.25) is 4.79 Å². The van der Waals surface area contributed by atoms with Gasteiger partial charge in [0.15, 0.2) is 5.78 Å². The van der Waals surface area contributed by atoms with Gasteiger partial charge in [-0.1, -0.05) is 6.08 Å². The van der Waals surface area contributed by atoms with Crippen LogP contribution >= 0.6 is 0 Å². The van der Waals surface area contributed by atoms with Crippen molar-refractivity contribution in [1.29, 1.82) is 0 Å². The quantitative estimate of drug-likeness (QED) is 0.504. The second-order valence-electron chi connectivity index (χ2n) is 1.66. The first-order valence-corrected chi connectivity index (χ1v) is 2.65. The standard InChI is InChI=1S/C6H10O3/c1-2-3-5(8)6(9)4-7/h2,6-7,9H,1,3-4H2. The van der Waals surface area contributed by atoms with Crippen LogP contribution in [-0.2, 0) is 4.79 Å². The van der Waals surface area contributed by atoms with Crippen molar-refractivity contribution in [2.24, 2.45) is 0 Å². The highest BCUT2D eigenvalue weighted by Crippen LogP contribution is 1.89. The van der Waals surface area contributed by atoms with Crippen LogP contribution in [0.1, 0.15) is 6.42 Å². The van der Waals surface area contributed by atoms with E-state index in [4.69, 9.17) is 10.2 Å². The molecule has 9 heavy (non-hydrogen) atoms. The summed E-state index contributed by atoms with van der Waals surface area (Å²) in [5, 5.41) is 16.8. The largest absolute Gasteiger partial charge is 0.393 e. The van der Waals surface area contributed by atoms with E-state index in [-0.39, 0.29) is 6.42 Å². The zero-order chi connectivity index (χ0) is 7.28. The van der Waals surface area contributed by atoms with Gasteiger partial charge in [0.2, 0.25) is 0 Å². The fraction of sp³-hybridized carbons (Fsp3) is 0.500. The molecule has 1 atom stereocenters. The first kappa shape index (κ1) is 8.33. The lowest BCUT2D eigenvalue weighted by Crippen LogP contribution is -2.23. The predicted molar refractivity (Wildman–Crippen MR) is 32.9 cm³/mol. The highest BCUT2D eigenvalue weighted by molar-refractivity contribution is 5.84. The number of carbonyl (C=O) groups is 1. The molecule has 0 spiro atoms. The summed E-state index contributed by atoms with van der Waals surface area (Å²) in [6.45, 7) is 2.80. The first-order valence-electron chi connectivity index (χ1n) is 2.65. The van der Waals surface area contributed by atoms with Crippen LogP contribution in [0.3, 0.4) is 0 Å². The molecule has 0 aromatic heterocycles. The van der Waals surface area contributed by atoms with Gasteiger partial charge in [-0.25, -0.2) is 0 Å². The smallest absolute Gasteiger partial charge is 0.167 e. The number of rotatable bonds is 4. The van der Waals surface area contributed by atoms with E-state index in [1.165, 1.54) is 6.08 Å². The Morgan fingerprint density at radius 2 is 2.33 bits per heavy atom. The van der Waals surface area contributed by atoms with Crippen molar-refractivity contribution in [2.45, 2.75) is 12.5 Å². The summed E-state index contributed by atoms with van der Waals surface area (Å²) >= 11 is 0. The average Bonchev–Trinajstić information content (AvgIpc) is 1.87. The van der Waals surface area contributed by atoms with Crippen LogP contribution in [0, 0.1) is 0 Å². The number of Topliss-reactive ketones (excluding diaryl/α,β-unsaturated/α-hetero) is 1. The van der Waals surface area contributed by atoms with Crippen molar-refractivity contribution < 1.29 is 15.0 Å². The Morgan fingerprint density at radius 1 is 1.78 bits per heavy atom. The average molecular weight is 130 g/mol. The summed E-state index contributed by atoms with van der Waals surface area (Å²) in [5.74, 6) is -0.396. The molecule has 0 aliphatic carbocycles. The molecule has 3 heteroatoms. The Bertz CT molecular complexity index is 109. The van der Waals surface area contributed by atoms with Crippen LogP contribution in [0.5, 0.6) is 0 Å². The van der Waals surface area contributed by atoms with Crippen LogP contribution in [0.15, 0.2) is 12.7 Å². The number of carbonyl (C=O) groups excluding carboxylic acids is 1. The predicted octanol–water partition coefficient (Wildman–Crippen LogP) is -0.515. The topological polar surface area (TPSA) is 57.5 Å². The Balaban J connectivity index is 3.58. The lowest BCUT2D eigenvalue weighted by Gasteiger charge is -2.01. The molecular weight excluding hydrogens is 120 g/mol. The van der Waals surface area contributed by atoms with Gasteiger partial charge in [-0.15, -0.1) is 6.58 Å². The summed E-state index contributed by atoms with van der Waals surface area (Å²) in [5.41, 5.74) is 0. The van der Waals surface area contributed by atoms with Crippen molar-refractivity contribution in [1.82, 2.24) is 0 Å². The van der Waals surface area contributed by atoms with Crippen LogP contribution in [0.2, 0.25) is 0 Å². The normalized spacial score (nSPS) is 12.7. The van der Waals surface area contributed by atoms with E-state index >= 15 is 0 Å². The van der Waals surface area contributed by atoms with Crippen LogP contribution < -0.4 is 0 Å². The fourth-order valence-corrected chi connectivity index (χ4v) is 0.380. The lowest BCUT2D eigenvalue weighted by molar-refractivity contribution is -0.128. The number of allylic oxidation sites excluding steroid dienone is 1. The number of aliphatic hydroxyl groups excluding tert-OH is 2. The summed E-state index contributed by atoms with van der Waals surface area (Å²) in [4.78, 5) is 10.5. The molecule has 3 nitrogen and oxygen atoms in total. The maximum atomic E-state index is 10.5. The zero-order valence-electron chi connectivity index (χ0n) is 5.08. The summed E-state index contributed by atoms with van der Waals surface area (Å²) < 4.78 is 0. The molecule has 0 saturated heterocycles. The van der Waals surface area contributed by atoms with Crippen LogP contribution in [0.4, 0.5) is 0 Å². The van der Waals surface area contributed by atoms with Crippen LogP contribution in [0.25, 0.3) is 0 Å². The molecule has 0 amide bonds. The Morgan fingerprint density at radius 3 is 2.67 bits per heavy atom. The van der Waals surface area contributed by atoms with E-state index in [2.05, 4.69) is 6.58 Å². The van der Waals surface area contributed by atoms with E-state index < -0.39 is 18.5 Å². The third kappa shape index (κ3) is 3.00. The molecule has 0 rings (SSSR count). The maximum Gasteiger partial charge on any atom is 0.167 e. The Kier molecular flexibility index (Phi) is 3.92. The molecule has 0 bridgehead atoms. The van der Waals surface area contributed by atoms with Crippen LogP contribution in [-0.4, -0.2) is 28.7 Å². The number of aliphatic hydroxyl groups is 2. The molecule has 0 radical (unpaired) electrons. The number of ketones is 1. The van der Waals surface area contributed by atoms with Crippen molar-refractivity contribution in [3.63, 3.8) is 0 Å². The fourth-order valence-electron chi connectivity index (χ4n) is 0.380. The highest BCUT2D eigenvalue weighted by Gasteiger charge is 2.10. The molecular formula is C6H10O3. The Hall–Kier alpha value is -0.670. The number of hydrogen-bond acceptors (Lipinski definition) is 3. The molecule has 0 aliphatic rings. The van der Waals surface area contributed by atoms with E-state index in [1.807, 2.05) is 0 Å². The van der Waals surface area contributed by atoms with Gasteiger partial charge in [-0.2, -0.15) is 0 Å². The van der Waals surface area contributed by atoms with E-state index in [1.54, 1.807) is 0 Å². The van der Waals surface area contributed by atoms with E-state index in [9.17, 15) is 4.79 Å². The first-order chi connectivity index (χ1) is 4.22. The van der Waals surface area contributed by atoms with Crippen molar-refractivity contribution in [3.8, 4) is 0 Å². The van der Waals surface area contributed by atoms with Crippen molar-refractivity contribution in [3.05, 3.63) is 12.7 Å². The minimum atomic E-state index is -1.23. The van der Waals surface area contributed by atoms with Gasteiger partial charge < -0.3 is 10.2 Å². The SMILES string of the molecule is C=CCC(=O)C(O)CO. The monoisotopic (exact) mass is 130 g/mol. The molecule has 0 saturated carbocycles. The molecule has 1 unspecified atom stereocenters. The molecule has 0 heterocycles. The van der Waals surface area contributed by atoms with Gasteiger partial charge >= 0.3 is 0 Å². The van der Waals surface area contributed by atoms with Gasteiger partial charge in [-0.05, 0) is 0 Å². The molecule has 0 aromatic rings. The molecule has 2 N–H and O–H groups in total. The zero-order valence-corrected chi connectivity index (χ0v) is 5.08. The van der Waals surface area contributed by atoms with Gasteiger partial charge in [0, 0.05) is 6.42 Å².